The maximum absolute atomic E-state index is 5.56. The number of anilines is 1. The monoisotopic (exact) mass is 440 g/mol. The van der Waals surface area contributed by atoms with Gasteiger partial charge in [0.1, 0.15) is 0 Å². The average molecular weight is 441 g/mol. The number of aromatic amines is 1. The first-order valence-electron chi connectivity index (χ1n) is 11.2. The topological polar surface area (TPSA) is 71.9 Å². The first-order chi connectivity index (χ1) is 16.1. The molecule has 5 rings (SSSR count). The molecule has 3 aromatic heterocycles. The van der Waals surface area contributed by atoms with E-state index in [-0.39, 0.29) is 0 Å². The van der Waals surface area contributed by atoms with Crippen LogP contribution in [0, 0.1) is 20.8 Å². The molecule has 7 nitrogen and oxygen atoms in total. The van der Waals surface area contributed by atoms with E-state index in [0.29, 0.717) is 30.9 Å². The lowest BCUT2D eigenvalue weighted by Crippen LogP contribution is -2.37. The van der Waals surface area contributed by atoms with Crippen molar-refractivity contribution in [2.75, 3.05) is 31.2 Å². The Labute approximate surface area is 193 Å². The Bertz CT molecular complexity index is 1360. The Hall–Kier alpha value is -3.71. The molecule has 0 bridgehead atoms. The molecule has 4 heterocycles. The van der Waals surface area contributed by atoms with Gasteiger partial charge in [-0.1, -0.05) is 36.9 Å². The molecular formula is C26H28N6O. The van der Waals surface area contributed by atoms with Crippen molar-refractivity contribution in [1.29, 1.82) is 0 Å². The van der Waals surface area contributed by atoms with E-state index in [2.05, 4.69) is 66.1 Å². The molecule has 0 radical (unpaired) electrons. The number of nitrogens with zero attached hydrogens (tertiary/aromatic N) is 5. The molecule has 1 N–H and O–H groups in total. The molecule has 0 amide bonds. The highest BCUT2D eigenvalue weighted by Crippen LogP contribution is 2.30. The van der Waals surface area contributed by atoms with Crippen LogP contribution in [0.25, 0.3) is 34.3 Å². The molecule has 1 saturated heterocycles. The van der Waals surface area contributed by atoms with E-state index in [1.165, 1.54) is 5.56 Å². The van der Waals surface area contributed by atoms with Crippen molar-refractivity contribution in [2.24, 2.45) is 0 Å². The predicted molar refractivity (Wildman–Crippen MR) is 133 cm³/mol. The zero-order valence-corrected chi connectivity index (χ0v) is 19.3. The fourth-order valence-electron chi connectivity index (χ4n) is 4.48. The molecule has 1 aliphatic rings. The normalized spacial score (nSPS) is 14.5. The Morgan fingerprint density at radius 1 is 1.00 bits per heavy atom. The molecule has 7 heteroatoms. The van der Waals surface area contributed by atoms with Gasteiger partial charge in [-0.2, -0.15) is 15.0 Å². The van der Waals surface area contributed by atoms with Crippen LogP contribution in [0.1, 0.15) is 22.5 Å². The summed E-state index contributed by atoms with van der Waals surface area (Å²) in [6.07, 6.45) is 7.79. The minimum atomic E-state index is 0.630. The Kier molecular flexibility index (Phi) is 5.56. The summed E-state index contributed by atoms with van der Waals surface area (Å²) in [7, 11) is 0. The van der Waals surface area contributed by atoms with E-state index in [1.807, 2.05) is 18.3 Å². The number of fused-ring (bicyclic) bond motifs is 1. The van der Waals surface area contributed by atoms with Gasteiger partial charge in [0.2, 0.25) is 11.9 Å². The van der Waals surface area contributed by atoms with E-state index in [9.17, 15) is 0 Å². The zero-order chi connectivity index (χ0) is 22.9. The van der Waals surface area contributed by atoms with Crippen molar-refractivity contribution >= 4 is 22.9 Å². The molecule has 0 spiro atoms. The second kappa shape index (κ2) is 8.67. The summed E-state index contributed by atoms with van der Waals surface area (Å²) < 4.78 is 7.68. The number of hydrogen-bond acceptors (Lipinski definition) is 5. The first-order valence-corrected chi connectivity index (χ1v) is 11.2. The number of morpholine rings is 1. The van der Waals surface area contributed by atoms with Gasteiger partial charge in [-0.05, 0) is 44.0 Å². The number of nitrogens with one attached hydrogen (secondary N) is 1. The van der Waals surface area contributed by atoms with Crippen molar-refractivity contribution in [3.8, 4) is 17.3 Å². The number of ether oxygens (including phenoxy) is 1. The van der Waals surface area contributed by atoms with Crippen LogP contribution in [0.15, 0.2) is 49.2 Å². The molecule has 0 unspecified atom stereocenters. The van der Waals surface area contributed by atoms with E-state index in [0.717, 1.165) is 46.5 Å². The number of allylic oxidation sites excluding steroid dienone is 2. The van der Waals surface area contributed by atoms with Gasteiger partial charge in [0.15, 0.2) is 5.82 Å². The molecule has 33 heavy (non-hydrogen) atoms. The van der Waals surface area contributed by atoms with Gasteiger partial charge in [0.25, 0.3) is 0 Å². The molecule has 1 aliphatic heterocycles. The van der Waals surface area contributed by atoms with Crippen LogP contribution in [0.4, 0.5) is 5.95 Å². The lowest BCUT2D eigenvalue weighted by molar-refractivity contribution is 0.122. The number of rotatable bonds is 5. The van der Waals surface area contributed by atoms with Gasteiger partial charge in [-0.15, -0.1) is 0 Å². The minimum Gasteiger partial charge on any atom is -0.378 e. The van der Waals surface area contributed by atoms with Crippen LogP contribution < -0.4 is 4.90 Å². The number of H-pyrrole nitrogens is 1. The minimum absolute atomic E-state index is 0.630. The Balaban J connectivity index is 1.73. The second-order valence-electron chi connectivity index (χ2n) is 8.24. The van der Waals surface area contributed by atoms with Gasteiger partial charge >= 0.3 is 0 Å². The summed E-state index contributed by atoms with van der Waals surface area (Å²) in [4.78, 5) is 20.3. The lowest BCUT2D eigenvalue weighted by atomic mass is 10.1. The fourth-order valence-corrected chi connectivity index (χ4v) is 4.48. The number of aromatic nitrogens is 5. The molecule has 0 atom stereocenters. The van der Waals surface area contributed by atoms with Crippen LogP contribution in [0.5, 0.6) is 0 Å². The summed E-state index contributed by atoms with van der Waals surface area (Å²) in [6, 6.07) is 8.22. The summed E-state index contributed by atoms with van der Waals surface area (Å²) in [5, 5.41) is 1.09. The van der Waals surface area contributed by atoms with Gasteiger partial charge in [-0.3, -0.25) is 4.57 Å². The third-order valence-electron chi connectivity index (χ3n) is 6.35. The molecule has 1 aromatic carbocycles. The summed E-state index contributed by atoms with van der Waals surface area (Å²) in [6.45, 7) is 13.0. The Morgan fingerprint density at radius 2 is 1.79 bits per heavy atom. The van der Waals surface area contributed by atoms with Gasteiger partial charge in [-0.25, -0.2) is 0 Å². The van der Waals surface area contributed by atoms with E-state index < -0.39 is 0 Å². The molecule has 4 aromatic rings. The SMILES string of the molecule is C=C/C=C\c1c(C)c(C)n(-c2nc(-c3cccc4[nH]ccc34)nc(N3CCOCC3)n2)c1C. The van der Waals surface area contributed by atoms with Gasteiger partial charge in [0.05, 0.1) is 13.2 Å². The van der Waals surface area contributed by atoms with Gasteiger partial charge in [0, 0.05) is 47.1 Å². The summed E-state index contributed by atoms with van der Waals surface area (Å²) in [5.74, 6) is 1.98. The Morgan fingerprint density at radius 3 is 2.58 bits per heavy atom. The van der Waals surface area contributed by atoms with E-state index >= 15 is 0 Å². The number of hydrogen-bond donors (Lipinski definition) is 1. The van der Waals surface area contributed by atoms with Crippen LogP contribution >= 0.6 is 0 Å². The van der Waals surface area contributed by atoms with Crippen molar-refractivity contribution in [3.05, 3.63) is 71.7 Å². The summed E-state index contributed by atoms with van der Waals surface area (Å²) >= 11 is 0. The number of benzene rings is 1. The van der Waals surface area contributed by atoms with E-state index in [4.69, 9.17) is 19.7 Å². The van der Waals surface area contributed by atoms with Gasteiger partial charge < -0.3 is 14.6 Å². The summed E-state index contributed by atoms with van der Waals surface area (Å²) in [5.41, 5.74) is 6.61. The fraction of sp³-hybridized carbons (Fsp3) is 0.269. The quantitative estimate of drug-likeness (QED) is 0.453. The third-order valence-corrected chi connectivity index (χ3v) is 6.35. The highest BCUT2D eigenvalue weighted by Gasteiger charge is 2.22. The van der Waals surface area contributed by atoms with Crippen LogP contribution in [0.3, 0.4) is 0 Å². The first kappa shape index (κ1) is 21.2. The van der Waals surface area contributed by atoms with Crippen LogP contribution in [0.2, 0.25) is 0 Å². The maximum Gasteiger partial charge on any atom is 0.239 e. The average Bonchev–Trinajstić information content (AvgIpc) is 3.41. The largest absolute Gasteiger partial charge is 0.378 e. The smallest absolute Gasteiger partial charge is 0.239 e. The highest BCUT2D eigenvalue weighted by atomic mass is 16.5. The molecule has 0 saturated carbocycles. The van der Waals surface area contributed by atoms with Crippen molar-refractivity contribution in [2.45, 2.75) is 20.8 Å². The third kappa shape index (κ3) is 3.74. The zero-order valence-electron chi connectivity index (χ0n) is 19.3. The standard InChI is InChI=1S/C26H28N6O/c1-5-6-8-20-17(2)18(3)32(19(20)4)26-29-24(22-9-7-10-23-21(22)11-12-27-23)28-25(30-26)31-13-15-33-16-14-31/h5-12,27H,1,13-16H2,2-4H3/b8-6-. The maximum atomic E-state index is 5.56. The van der Waals surface area contributed by atoms with Crippen molar-refractivity contribution < 1.29 is 4.74 Å². The molecular weight excluding hydrogens is 412 g/mol. The lowest BCUT2D eigenvalue weighted by Gasteiger charge is -2.27. The second-order valence-corrected chi connectivity index (χ2v) is 8.24. The van der Waals surface area contributed by atoms with Crippen LogP contribution in [-0.2, 0) is 4.74 Å². The highest BCUT2D eigenvalue weighted by molar-refractivity contribution is 5.93. The predicted octanol–water partition coefficient (Wildman–Crippen LogP) is 4.77. The molecule has 1 fully saturated rings. The molecule has 0 aliphatic carbocycles. The molecule has 168 valence electrons. The van der Waals surface area contributed by atoms with E-state index in [1.54, 1.807) is 6.08 Å². The van der Waals surface area contributed by atoms with Crippen molar-refractivity contribution in [3.63, 3.8) is 0 Å². The van der Waals surface area contributed by atoms with Crippen LogP contribution in [-0.4, -0.2) is 50.8 Å². The van der Waals surface area contributed by atoms with Crippen molar-refractivity contribution in [1.82, 2.24) is 24.5 Å².